The van der Waals surface area contributed by atoms with E-state index >= 15 is 4.39 Å². The molecule has 14 heteroatoms. The van der Waals surface area contributed by atoms with Gasteiger partial charge in [-0.25, -0.2) is 26.8 Å². The third-order valence-corrected chi connectivity index (χ3v) is 7.00. The van der Waals surface area contributed by atoms with Crippen molar-refractivity contribution < 1.29 is 27.0 Å². The number of fused-ring (bicyclic) bond motifs is 2. The zero-order valence-electron chi connectivity index (χ0n) is 20.7. The number of rotatable bonds is 7. The normalized spacial score (nSPS) is 21.2. The lowest BCUT2D eigenvalue weighted by atomic mass is 10.0. The van der Waals surface area contributed by atoms with Gasteiger partial charge < -0.3 is 14.8 Å². The Labute approximate surface area is 214 Å². The van der Waals surface area contributed by atoms with E-state index in [1.807, 2.05) is 0 Å². The third kappa shape index (κ3) is 4.51. The molecule has 5 heterocycles. The number of nitrogens with one attached hydrogen (secondary N) is 1. The summed E-state index contributed by atoms with van der Waals surface area (Å²) in [5.74, 6) is -3.45. The molecule has 3 aromatic heterocycles. The standard InChI is InChI=1S/C24H26F4N8O2/c1-24(27,28)12-36-19-7-13(3-4-18(19)31-33-36)20-16(26)9-35-21(20)22(37-2)30-23(32-35)29-17-5-6-34(8-15(17)25)14-10-38-11-14/h3-4,7,9,14-15,17H,5-6,8,10-12H2,1-2H3,(H,29,32)/t15-,17-/m1/s1. The number of anilines is 1. The smallest absolute Gasteiger partial charge is 0.264 e. The second-order valence-electron chi connectivity index (χ2n) is 9.85. The number of ether oxygens (including phenoxy) is 2. The van der Waals surface area contributed by atoms with Crippen LogP contribution in [0.5, 0.6) is 5.88 Å². The van der Waals surface area contributed by atoms with E-state index in [9.17, 15) is 13.2 Å². The van der Waals surface area contributed by atoms with Crippen molar-refractivity contribution >= 4 is 22.5 Å². The fourth-order valence-electron chi connectivity index (χ4n) is 5.02. The molecule has 2 atom stereocenters. The maximum atomic E-state index is 15.3. The van der Waals surface area contributed by atoms with Crippen LogP contribution < -0.4 is 10.1 Å². The highest BCUT2D eigenvalue weighted by Gasteiger charge is 2.36. The van der Waals surface area contributed by atoms with Crippen molar-refractivity contribution in [3.8, 4) is 17.0 Å². The fourth-order valence-corrected chi connectivity index (χ4v) is 5.02. The number of nitrogens with zero attached hydrogens (tertiary/aromatic N) is 7. The number of hydrogen-bond donors (Lipinski definition) is 1. The van der Waals surface area contributed by atoms with Crippen LogP contribution in [0.4, 0.5) is 23.5 Å². The first kappa shape index (κ1) is 24.8. The van der Waals surface area contributed by atoms with Crippen LogP contribution >= 0.6 is 0 Å². The molecule has 1 N–H and O–H groups in total. The molecule has 4 aromatic rings. The summed E-state index contributed by atoms with van der Waals surface area (Å²) in [7, 11) is 1.39. The maximum Gasteiger partial charge on any atom is 0.264 e. The van der Waals surface area contributed by atoms with Crippen molar-refractivity contribution in [3.63, 3.8) is 0 Å². The van der Waals surface area contributed by atoms with Gasteiger partial charge in [0, 0.05) is 20.0 Å². The van der Waals surface area contributed by atoms with E-state index < -0.39 is 30.5 Å². The molecule has 0 saturated carbocycles. The Morgan fingerprint density at radius 1 is 1.26 bits per heavy atom. The highest BCUT2D eigenvalue weighted by atomic mass is 19.3. The van der Waals surface area contributed by atoms with E-state index in [-0.39, 0.29) is 35.5 Å². The summed E-state index contributed by atoms with van der Waals surface area (Å²) in [6, 6.07) is 4.48. The fraction of sp³-hybridized carbons (Fsp3) is 0.500. The lowest BCUT2D eigenvalue weighted by Crippen LogP contribution is -2.57. The number of likely N-dealkylation sites (tertiary alicyclic amines) is 1. The highest BCUT2D eigenvalue weighted by molar-refractivity contribution is 5.89. The summed E-state index contributed by atoms with van der Waals surface area (Å²) in [4.78, 5) is 6.47. The number of aromatic nitrogens is 6. The molecule has 0 aliphatic carbocycles. The van der Waals surface area contributed by atoms with Crippen LogP contribution in [0.3, 0.4) is 0 Å². The van der Waals surface area contributed by atoms with Crippen molar-refractivity contribution in [3.05, 3.63) is 30.2 Å². The van der Waals surface area contributed by atoms with Gasteiger partial charge in [0.1, 0.15) is 23.7 Å². The van der Waals surface area contributed by atoms with Gasteiger partial charge in [0.15, 0.2) is 5.82 Å². The molecule has 1 aromatic carbocycles. The predicted octanol–water partition coefficient (Wildman–Crippen LogP) is 3.17. The van der Waals surface area contributed by atoms with Gasteiger partial charge in [-0.2, -0.15) is 4.98 Å². The second kappa shape index (κ2) is 9.34. The highest BCUT2D eigenvalue weighted by Crippen LogP contribution is 2.36. The molecule has 0 radical (unpaired) electrons. The van der Waals surface area contributed by atoms with E-state index in [1.165, 1.54) is 17.8 Å². The Balaban J connectivity index is 1.32. The molecule has 6 rings (SSSR count). The average molecular weight is 535 g/mol. The second-order valence-corrected chi connectivity index (χ2v) is 9.85. The molecule has 2 aliphatic heterocycles. The Bertz CT molecular complexity index is 1480. The molecule has 10 nitrogen and oxygen atoms in total. The molecular formula is C24H26F4N8O2. The van der Waals surface area contributed by atoms with Gasteiger partial charge in [0.05, 0.1) is 49.7 Å². The van der Waals surface area contributed by atoms with Gasteiger partial charge in [-0.3, -0.25) is 4.90 Å². The molecular weight excluding hydrogens is 508 g/mol. The molecule has 2 aliphatic rings. The first-order valence-electron chi connectivity index (χ1n) is 12.3. The summed E-state index contributed by atoms with van der Waals surface area (Å²) in [5.41, 5.74) is 1.49. The van der Waals surface area contributed by atoms with Gasteiger partial charge >= 0.3 is 0 Å². The first-order chi connectivity index (χ1) is 18.2. The lowest BCUT2D eigenvalue weighted by molar-refractivity contribution is -0.0794. The third-order valence-electron chi connectivity index (χ3n) is 7.00. The minimum Gasteiger partial charge on any atom is -0.479 e. The maximum absolute atomic E-state index is 15.3. The molecule has 2 saturated heterocycles. The average Bonchev–Trinajstić information content (AvgIpc) is 3.37. The zero-order chi connectivity index (χ0) is 26.6. The van der Waals surface area contributed by atoms with Gasteiger partial charge in [-0.05, 0) is 24.1 Å². The zero-order valence-corrected chi connectivity index (χ0v) is 20.7. The monoisotopic (exact) mass is 534 g/mol. The number of methoxy groups -OCH3 is 1. The van der Waals surface area contributed by atoms with E-state index in [0.717, 1.165) is 11.6 Å². The minimum atomic E-state index is -3.01. The van der Waals surface area contributed by atoms with E-state index in [4.69, 9.17) is 9.47 Å². The van der Waals surface area contributed by atoms with E-state index in [0.29, 0.717) is 42.8 Å². The van der Waals surface area contributed by atoms with Gasteiger partial charge in [-0.1, -0.05) is 11.3 Å². The summed E-state index contributed by atoms with van der Waals surface area (Å²) < 4.78 is 70.6. The molecule has 38 heavy (non-hydrogen) atoms. The minimum absolute atomic E-state index is 0.0766. The Morgan fingerprint density at radius 3 is 2.76 bits per heavy atom. The molecule has 0 unspecified atom stereocenters. The van der Waals surface area contributed by atoms with Crippen molar-refractivity contribution in [2.45, 2.75) is 44.1 Å². The number of hydrogen-bond acceptors (Lipinski definition) is 8. The molecule has 0 amide bonds. The van der Waals surface area contributed by atoms with E-state index in [1.54, 1.807) is 18.2 Å². The van der Waals surface area contributed by atoms with Crippen LogP contribution in [-0.4, -0.2) is 92.1 Å². The van der Waals surface area contributed by atoms with Crippen molar-refractivity contribution in [1.29, 1.82) is 0 Å². The van der Waals surface area contributed by atoms with Crippen LogP contribution in [0.25, 0.3) is 27.7 Å². The predicted molar refractivity (Wildman–Crippen MR) is 130 cm³/mol. The van der Waals surface area contributed by atoms with Crippen LogP contribution in [0.15, 0.2) is 24.4 Å². The summed E-state index contributed by atoms with van der Waals surface area (Å²) >= 11 is 0. The van der Waals surface area contributed by atoms with Crippen LogP contribution in [0, 0.1) is 5.82 Å². The Kier molecular flexibility index (Phi) is 6.10. The summed E-state index contributed by atoms with van der Waals surface area (Å²) in [6.07, 6.45) is 0.574. The SMILES string of the molecule is COc1nc(N[C@@H]2CCN(C3COC3)C[C@H]2F)nn2cc(F)c(-c3ccc4nnn(CC(C)(F)F)c4c3)c12. The lowest BCUT2D eigenvalue weighted by Gasteiger charge is -2.42. The summed E-state index contributed by atoms with van der Waals surface area (Å²) in [6.45, 7) is 2.37. The summed E-state index contributed by atoms with van der Waals surface area (Å²) in [5, 5.41) is 15.1. The molecule has 202 valence electrons. The van der Waals surface area contributed by atoms with Crippen molar-refractivity contribution in [2.75, 3.05) is 38.7 Å². The number of benzene rings is 1. The first-order valence-corrected chi connectivity index (χ1v) is 12.3. The number of halogens is 4. The van der Waals surface area contributed by atoms with Crippen LogP contribution in [0.1, 0.15) is 13.3 Å². The van der Waals surface area contributed by atoms with Crippen molar-refractivity contribution in [2.24, 2.45) is 0 Å². The topological polar surface area (TPSA) is 94.6 Å². The number of piperidine rings is 1. The van der Waals surface area contributed by atoms with Crippen molar-refractivity contribution in [1.82, 2.24) is 34.5 Å². The number of alkyl halides is 3. The van der Waals surface area contributed by atoms with E-state index in [2.05, 4.69) is 30.6 Å². The quantitative estimate of drug-likeness (QED) is 0.362. The molecule has 0 spiro atoms. The van der Waals surface area contributed by atoms with Gasteiger partial charge in [-0.15, -0.1) is 10.2 Å². The van der Waals surface area contributed by atoms with Crippen LogP contribution in [0.2, 0.25) is 0 Å². The molecule has 2 fully saturated rings. The Hall–Kier alpha value is -3.52. The van der Waals surface area contributed by atoms with Gasteiger partial charge in [0.25, 0.3) is 5.92 Å². The Morgan fingerprint density at radius 2 is 2.08 bits per heavy atom. The van der Waals surface area contributed by atoms with Crippen LogP contribution in [-0.2, 0) is 11.3 Å². The van der Waals surface area contributed by atoms with Gasteiger partial charge in [0.2, 0.25) is 11.8 Å². The largest absolute Gasteiger partial charge is 0.479 e. The molecule has 0 bridgehead atoms.